The summed E-state index contributed by atoms with van der Waals surface area (Å²) in [4.78, 5) is 15.0. The Balaban J connectivity index is 2.94. The number of aromatic amines is 1. The fraction of sp³-hybridized carbons (Fsp3) is 0.583. The quantitative estimate of drug-likeness (QED) is 0.780. The molecule has 0 atom stereocenters. The van der Waals surface area contributed by atoms with E-state index in [1.807, 2.05) is 13.8 Å². The van der Waals surface area contributed by atoms with Gasteiger partial charge in [-0.15, -0.1) is 0 Å². The maximum Gasteiger partial charge on any atom is 0.187 e. The highest BCUT2D eigenvalue weighted by Crippen LogP contribution is 2.08. The van der Waals surface area contributed by atoms with Crippen molar-refractivity contribution in [3.8, 4) is 0 Å². The molecule has 0 bridgehead atoms. The summed E-state index contributed by atoms with van der Waals surface area (Å²) in [6.45, 7) is 6.94. The Kier molecular flexibility index (Phi) is 4.40. The molecule has 1 heterocycles. The molecule has 0 saturated heterocycles. The SMILES string of the molecule is CCCCc1c(C)[nH]c(NCC)cc1=O. The molecular weight excluding hydrogens is 188 g/mol. The number of anilines is 1. The summed E-state index contributed by atoms with van der Waals surface area (Å²) < 4.78 is 0. The highest BCUT2D eigenvalue weighted by atomic mass is 16.1. The molecule has 1 rings (SSSR count). The Labute approximate surface area is 90.9 Å². The van der Waals surface area contributed by atoms with Crippen LogP contribution in [0.4, 0.5) is 5.82 Å². The number of hydrogen-bond donors (Lipinski definition) is 2. The molecule has 0 fully saturated rings. The van der Waals surface area contributed by atoms with Gasteiger partial charge in [-0.05, 0) is 26.7 Å². The van der Waals surface area contributed by atoms with E-state index >= 15 is 0 Å². The number of H-pyrrole nitrogens is 1. The second-order valence-electron chi connectivity index (χ2n) is 3.78. The van der Waals surface area contributed by atoms with Crippen molar-refractivity contribution in [2.45, 2.75) is 40.0 Å². The molecule has 0 spiro atoms. The van der Waals surface area contributed by atoms with Crippen molar-refractivity contribution in [3.05, 3.63) is 27.5 Å². The Morgan fingerprint density at radius 3 is 2.67 bits per heavy atom. The molecule has 0 aromatic carbocycles. The molecule has 1 aromatic heterocycles. The van der Waals surface area contributed by atoms with Gasteiger partial charge >= 0.3 is 0 Å². The molecule has 0 amide bonds. The second kappa shape index (κ2) is 5.59. The summed E-state index contributed by atoms with van der Waals surface area (Å²) in [5.41, 5.74) is 2.07. The van der Waals surface area contributed by atoms with Crippen molar-refractivity contribution in [2.75, 3.05) is 11.9 Å². The van der Waals surface area contributed by atoms with Crippen molar-refractivity contribution in [1.82, 2.24) is 4.98 Å². The van der Waals surface area contributed by atoms with E-state index in [2.05, 4.69) is 17.2 Å². The van der Waals surface area contributed by atoms with E-state index in [0.29, 0.717) is 0 Å². The standard InChI is InChI=1S/C12H20N2O/c1-4-6-7-10-9(3)14-12(13-5-2)8-11(10)15/h8H,4-7H2,1-3H3,(H2,13,14,15). The van der Waals surface area contributed by atoms with Crippen molar-refractivity contribution < 1.29 is 0 Å². The van der Waals surface area contributed by atoms with Gasteiger partial charge in [0.25, 0.3) is 0 Å². The smallest absolute Gasteiger partial charge is 0.187 e. The van der Waals surface area contributed by atoms with Gasteiger partial charge in [0.05, 0.1) is 0 Å². The van der Waals surface area contributed by atoms with Gasteiger partial charge in [-0.3, -0.25) is 4.79 Å². The molecule has 0 unspecified atom stereocenters. The fourth-order valence-corrected chi connectivity index (χ4v) is 1.67. The maximum atomic E-state index is 11.8. The van der Waals surface area contributed by atoms with Crippen molar-refractivity contribution in [1.29, 1.82) is 0 Å². The first kappa shape index (κ1) is 11.8. The lowest BCUT2D eigenvalue weighted by atomic mass is 10.1. The van der Waals surface area contributed by atoms with Gasteiger partial charge in [-0.1, -0.05) is 13.3 Å². The predicted molar refractivity (Wildman–Crippen MR) is 64.6 cm³/mol. The first-order chi connectivity index (χ1) is 7.19. The van der Waals surface area contributed by atoms with Crippen molar-refractivity contribution in [2.24, 2.45) is 0 Å². The number of nitrogens with one attached hydrogen (secondary N) is 2. The van der Waals surface area contributed by atoms with Gasteiger partial charge in [0.1, 0.15) is 5.82 Å². The first-order valence-electron chi connectivity index (χ1n) is 5.65. The molecule has 0 saturated carbocycles. The number of aryl methyl sites for hydroxylation is 1. The van der Waals surface area contributed by atoms with Crippen LogP contribution in [0.2, 0.25) is 0 Å². The zero-order chi connectivity index (χ0) is 11.3. The number of rotatable bonds is 5. The highest BCUT2D eigenvalue weighted by Gasteiger charge is 2.05. The predicted octanol–water partition coefficient (Wildman–Crippen LogP) is 2.46. The zero-order valence-corrected chi connectivity index (χ0v) is 9.81. The topological polar surface area (TPSA) is 44.9 Å². The molecule has 0 aliphatic heterocycles. The Morgan fingerprint density at radius 1 is 1.40 bits per heavy atom. The Bertz CT molecular complexity index is 368. The number of unbranched alkanes of at least 4 members (excludes halogenated alkanes) is 1. The number of pyridine rings is 1. The molecule has 0 radical (unpaired) electrons. The van der Waals surface area contributed by atoms with E-state index in [4.69, 9.17) is 0 Å². The van der Waals surface area contributed by atoms with Crippen LogP contribution < -0.4 is 10.7 Å². The molecule has 2 N–H and O–H groups in total. The largest absolute Gasteiger partial charge is 0.372 e. The van der Waals surface area contributed by atoms with Gasteiger partial charge in [-0.25, -0.2) is 0 Å². The van der Waals surface area contributed by atoms with E-state index in [0.717, 1.165) is 42.9 Å². The monoisotopic (exact) mass is 208 g/mol. The minimum Gasteiger partial charge on any atom is -0.372 e. The van der Waals surface area contributed by atoms with Crippen molar-refractivity contribution in [3.63, 3.8) is 0 Å². The summed E-state index contributed by atoms with van der Waals surface area (Å²) in [6.07, 6.45) is 3.07. The molecule has 3 heteroatoms. The van der Waals surface area contributed by atoms with Crippen LogP contribution in [-0.2, 0) is 6.42 Å². The summed E-state index contributed by atoms with van der Waals surface area (Å²) in [5, 5.41) is 3.12. The minimum atomic E-state index is 0.149. The van der Waals surface area contributed by atoms with Crippen LogP contribution >= 0.6 is 0 Å². The Morgan fingerprint density at radius 2 is 2.13 bits per heavy atom. The normalized spacial score (nSPS) is 10.3. The van der Waals surface area contributed by atoms with Crippen LogP contribution in [0.25, 0.3) is 0 Å². The molecule has 0 aliphatic rings. The van der Waals surface area contributed by atoms with Gasteiger partial charge in [0.15, 0.2) is 5.43 Å². The third-order valence-corrected chi connectivity index (χ3v) is 2.50. The maximum absolute atomic E-state index is 11.8. The van der Waals surface area contributed by atoms with Crippen LogP contribution in [0.3, 0.4) is 0 Å². The number of aromatic nitrogens is 1. The lowest BCUT2D eigenvalue weighted by Crippen LogP contribution is -2.14. The van der Waals surface area contributed by atoms with Crippen LogP contribution in [0.15, 0.2) is 10.9 Å². The van der Waals surface area contributed by atoms with Gasteiger partial charge in [0.2, 0.25) is 0 Å². The zero-order valence-electron chi connectivity index (χ0n) is 9.81. The molecule has 1 aromatic rings. The fourth-order valence-electron chi connectivity index (χ4n) is 1.67. The second-order valence-corrected chi connectivity index (χ2v) is 3.78. The van der Waals surface area contributed by atoms with Crippen LogP contribution in [0.5, 0.6) is 0 Å². The van der Waals surface area contributed by atoms with E-state index in [9.17, 15) is 4.79 Å². The molecule has 15 heavy (non-hydrogen) atoms. The Hall–Kier alpha value is -1.25. The molecular formula is C12H20N2O. The van der Waals surface area contributed by atoms with Crippen molar-refractivity contribution >= 4 is 5.82 Å². The van der Waals surface area contributed by atoms with E-state index in [1.54, 1.807) is 6.07 Å². The van der Waals surface area contributed by atoms with E-state index < -0.39 is 0 Å². The molecule has 84 valence electrons. The third-order valence-electron chi connectivity index (χ3n) is 2.50. The lowest BCUT2D eigenvalue weighted by Gasteiger charge is -2.08. The van der Waals surface area contributed by atoms with Crippen LogP contribution in [-0.4, -0.2) is 11.5 Å². The van der Waals surface area contributed by atoms with Gasteiger partial charge < -0.3 is 10.3 Å². The molecule has 3 nitrogen and oxygen atoms in total. The van der Waals surface area contributed by atoms with E-state index in [1.165, 1.54) is 0 Å². The number of hydrogen-bond acceptors (Lipinski definition) is 2. The summed E-state index contributed by atoms with van der Waals surface area (Å²) >= 11 is 0. The summed E-state index contributed by atoms with van der Waals surface area (Å²) in [6, 6.07) is 1.65. The van der Waals surface area contributed by atoms with Gasteiger partial charge in [-0.2, -0.15) is 0 Å². The minimum absolute atomic E-state index is 0.149. The first-order valence-corrected chi connectivity index (χ1v) is 5.65. The van der Waals surface area contributed by atoms with Crippen LogP contribution in [0, 0.1) is 6.92 Å². The molecule has 0 aliphatic carbocycles. The average molecular weight is 208 g/mol. The highest BCUT2D eigenvalue weighted by molar-refractivity contribution is 5.38. The van der Waals surface area contributed by atoms with E-state index in [-0.39, 0.29) is 5.43 Å². The van der Waals surface area contributed by atoms with Crippen LogP contribution in [0.1, 0.15) is 37.9 Å². The summed E-state index contributed by atoms with van der Waals surface area (Å²) in [7, 11) is 0. The third kappa shape index (κ3) is 3.11. The summed E-state index contributed by atoms with van der Waals surface area (Å²) in [5.74, 6) is 0.820. The lowest BCUT2D eigenvalue weighted by molar-refractivity contribution is 0.782. The van der Waals surface area contributed by atoms with Gasteiger partial charge in [0, 0.05) is 23.9 Å². The average Bonchev–Trinajstić information content (AvgIpc) is 2.17.